The molecule has 1 aliphatic carbocycles. The Balaban J connectivity index is 1.47. The van der Waals surface area contributed by atoms with Crippen LogP contribution in [-0.2, 0) is 27.3 Å². The normalized spacial score (nSPS) is 18.3. The van der Waals surface area contributed by atoms with Gasteiger partial charge in [-0.15, -0.1) is 0 Å². The van der Waals surface area contributed by atoms with Gasteiger partial charge in [0.25, 0.3) is 0 Å². The highest BCUT2D eigenvalue weighted by Gasteiger charge is 2.33. The number of benzene rings is 2. The average molecular weight is 392 g/mol. The number of likely N-dealkylation sites (tertiary alicyclic amines) is 1. The third-order valence-corrected chi connectivity index (χ3v) is 6.01. The van der Waals surface area contributed by atoms with Gasteiger partial charge < -0.3 is 14.5 Å². The topological polar surface area (TPSA) is 49.9 Å². The van der Waals surface area contributed by atoms with Gasteiger partial charge in [0, 0.05) is 26.6 Å². The first-order chi connectivity index (χ1) is 14.0. The van der Waals surface area contributed by atoms with Crippen molar-refractivity contribution in [1.29, 1.82) is 0 Å². The Morgan fingerprint density at radius 3 is 2.55 bits per heavy atom. The van der Waals surface area contributed by atoms with Crippen molar-refractivity contribution in [3.63, 3.8) is 0 Å². The fourth-order valence-electron chi connectivity index (χ4n) is 4.19. The number of nitrogens with zero attached hydrogens (tertiary/aromatic N) is 2. The summed E-state index contributed by atoms with van der Waals surface area (Å²) in [4.78, 5) is 28.2. The van der Waals surface area contributed by atoms with E-state index in [1.165, 1.54) is 16.7 Å². The molecule has 1 aliphatic heterocycles. The number of carbonyl (C=O) groups excluding carboxylic acids is 2. The highest BCUT2D eigenvalue weighted by Crippen LogP contribution is 2.36. The summed E-state index contributed by atoms with van der Waals surface area (Å²) in [5.74, 6) is 0.0632. The standard InChI is InChI=1S/C24H28N2O3/c1-17-7-9-19(10-8-17)13-26(23-12-11-20-5-3-4-6-22(20)23)24(28)16-29-21-14-25(15-21)18(2)27/h3-10,21,23H,11-16H2,1-2H3. The largest absolute Gasteiger partial charge is 0.365 e. The molecule has 29 heavy (non-hydrogen) atoms. The van der Waals surface area contributed by atoms with Crippen LogP contribution in [0.5, 0.6) is 0 Å². The summed E-state index contributed by atoms with van der Waals surface area (Å²) in [5.41, 5.74) is 4.91. The van der Waals surface area contributed by atoms with E-state index in [2.05, 4.69) is 49.4 Å². The van der Waals surface area contributed by atoms with Gasteiger partial charge in [-0.2, -0.15) is 0 Å². The molecule has 2 amide bonds. The third-order valence-electron chi connectivity index (χ3n) is 6.01. The van der Waals surface area contributed by atoms with Crippen LogP contribution in [0, 0.1) is 6.92 Å². The van der Waals surface area contributed by atoms with E-state index >= 15 is 0 Å². The molecular formula is C24H28N2O3. The van der Waals surface area contributed by atoms with Crippen molar-refractivity contribution < 1.29 is 14.3 Å². The molecule has 5 nitrogen and oxygen atoms in total. The zero-order valence-electron chi connectivity index (χ0n) is 17.1. The number of rotatable bonds is 6. The maximum atomic E-state index is 13.2. The molecule has 0 bridgehead atoms. The highest BCUT2D eigenvalue weighted by atomic mass is 16.5. The Kier molecular flexibility index (Phi) is 5.67. The molecule has 1 heterocycles. The van der Waals surface area contributed by atoms with Crippen LogP contribution in [0.4, 0.5) is 0 Å². The minimum absolute atomic E-state index is 0.00792. The lowest BCUT2D eigenvalue weighted by molar-refractivity contribution is -0.151. The number of aryl methyl sites for hydroxylation is 2. The van der Waals surface area contributed by atoms with E-state index in [0.29, 0.717) is 19.6 Å². The summed E-state index contributed by atoms with van der Waals surface area (Å²) in [6.07, 6.45) is 1.90. The Labute approximate surface area is 172 Å². The van der Waals surface area contributed by atoms with Crippen LogP contribution >= 0.6 is 0 Å². The molecular weight excluding hydrogens is 364 g/mol. The first-order valence-electron chi connectivity index (χ1n) is 10.3. The smallest absolute Gasteiger partial charge is 0.249 e. The second-order valence-electron chi connectivity index (χ2n) is 8.12. The van der Waals surface area contributed by atoms with Crippen molar-refractivity contribution >= 4 is 11.8 Å². The first-order valence-corrected chi connectivity index (χ1v) is 10.3. The van der Waals surface area contributed by atoms with Gasteiger partial charge in [-0.05, 0) is 36.5 Å². The lowest BCUT2D eigenvalue weighted by atomic mass is 10.1. The molecule has 0 saturated carbocycles. The number of carbonyl (C=O) groups is 2. The molecule has 1 saturated heterocycles. The molecule has 0 N–H and O–H groups in total. The van der Waals surface area contributed by atoms with E-state index in [4.69, 9.17) is 4.74 Å². The second-order valence-corrected chi connectivity index (χ2v) is 8.12. The molecule has 1 atom stereocenters. The molecule has 2 aliphatic rings. The quantitative estimate of drug-likeness (QED) is 0.758. The number of hydrogen-bond acceptors (Lipinski definition) is 3. The Bertz CT molecular complexity index is 887. The minimum Gasteiger partial charge on any atom is -0.365 e. The number of ether oxygens (including phenoxy) is 1. The molecule has 4 rings (SSSR count). The zero-order valence-corrected chi connectivity index (χ0v) is 17.1. The third kappa shape index (κ3) is 4.35. The monoisotopic (exact) mass is 392 g/mol. The number of hydrogen-bond donors (Lipinski definition) is 0. The van der Waals surface area contributed by atoms with Gasteiger partial charge >= 0.3 is 0 Å². The van der Waals surface area contributed by atoms with Gasteiger partial charge in [0.05, 0.1) is 12.1 Å². The zero-order chi connectivity index (χ0) is 20.4. The van der Waals surface area contributed by atoms with E-state index in [1.807, 2.05) is 11.0 Å². The fraction of sp³-hybridized carbons (Fsp3) is 0.417. The van der Waals surface area contributed by atoms with Gasteiger partial charge in [0.2, 0.25) is 11.8 Å². The molecule has 0 radical (unpaired) electrons. The molecule has 152 valence electrons. The van der Waals surface area contributed by atoms with E-state index in [9.17, 15) is 9.59 Å². The van der Waals surface area contributed by atoms with Crippen molar-refractivity contribution in [2.75, 3.05) is 19.7 Å². The molecule has 0 aromatic heterocycles. The van der Waals surface area contributed by atoms with Gasteiger partial charge in [0.1, 0.15) is 6.61 Å². The summed E-state index contributed by atoms with van der Waals surface area (Å²) in [6, 6.07) is 16.8. The molecule has 2 aromatic rings. The SMILES string of the molecule is CC(=O)N1CC(OCC(=O)N(Cc2ccc(C)cc2)C2CCc3ccccc32)C1. The maximum Gasteiger partial charge on any atom is 0.249 e. The molecule has 2 aromatic carbocycles. The first kappa shape index (κ1) is 19.6. The van der Waals surface area contributed by atoms with Crippen molar-refractivity contribution in [2.45, 2.75) is 45.4 Å². The average Bonchev–Trinajstić information content (AvgIpc) is 3.09. The van der Waals surface area contributed by atoms with Gasteiger partial charge in [-0.3, -0.25) is 9.59 Å². The predicted octanol–water partition coefficient (Wildman–Crippen LogP) is 3.26. The number of amides is 2. The van der Waals surface area contributed by atoms with Crippen LogP contribution in [0.3, 0.4) is 0 Å². The summed E-state index contributed by atoms with van der Waals surface area (Å²) in [6.45, 7) is 5.41. The van der Waals surface area contributed by atoms with Crippen LogP contribution < -0.4 is 0 Å². The Morgan fingerprint density at radius 2 is 1.83 bits per heavy atom. The van der Waals surface area contributed by atoms with Crippen molar-refractivity contribution in [2.24, 2.45) is 0 Å². The van der Waals surface area contributed by atoms with Crippen LogP contribution in [0.2, 0.25) is 0 Å². The van der Waals surface area contributed by atoms with E-state index < -0.39 is 0 Å². The molecule has 1 fully saturated rings. The second kappa shape index (κ2) is 8.37. The lowest BCUT2D eigenvalue weighted by Crippen LogP contribution is -2.54. The van der Waals surface area contributed by atoms with Crippen molar-refractivity contribution in [3.8, 4) is 0 Å². The van der Waals surface area contributed by atoms with Crippen LogP contribution in [-0.4, -0.2) is 47.4 Å². The van der Waals surface area contributed by atoms with E-state index in [0.717, 1.165) is 18.4 Å². The minimum atomic E-state index is -0.0417. The summed E-state index contributed by atoms with van der Waals surface area (Å²) >= 11 is 0. The summed E-state index contributed by atoms with van der Waals surface area (Å²) in [5, 5.41) is 0. The molecule has 1 unspecified atom stereocenters. The van der Waals surface area contributed by atoms with Gasteiger partial charge in [-0.25, -0.2) is 0 Å². The van der Waals surface area contributed by atoms with Crippen LogP contribution in [0.15, 0.2) is 48.5 Å². The van der Waals surface area contributed by atoms with Crippen molar-refractivity contribution in [1.82, 2.24) is 9.80 Å². The van der Waals surface area contributed by atoms with Gasteiger partial charge in [0.15, 0.2) is 0 Å². The Hall–Kier alpha value is -2.66. The fourth-order valence-corrected chi connectivity index (χ4v) is 4.19. The lowest BCUT2D eigenvalue weighted by Gasteiger charge is -2.38. The highest BCUT2D eigenvalue weighted by molar-refractivity contribution is 5.78. The maximum absolute atomic E-state index is 13.2. The number of fused-ring (bicyclic) bond motifs is 1. The van der Waals surface area contributed by atoms with Crippen LogP contribution in [0.1, 0.15) is 41.6 Å². The molecule has 5 heteroatoms. The Morgan fingerprint density at radius 1 is 1.10 bits per heavy atom. The molecule has 0 spiro atoms. The summed E-state index contributed by atoms with van der Waals surface area (Å²) < 4.78 is 5.82. The van der Waals surface area contributed by atoms with E-state index in [-0.39, 0.29) is 30.6 Å². The predicted molar refractivity (Wildman–Crippen MR) is 111 cm³/mol. The van der Waals surface area contributed by atoms with E-state index in [1.54, 1.807) is 11.8 Å². The van der Waals surface area contributed by atoms with Gasteiger partial charge in [-0.1, -0.05) is 54.1 Å². The van der Waals surface area contributed by atoms with Crippen LogP contribution in [0.25, 0.3) is 0 Å². The van der Waals surface area contributed by atoms with Crippen molar-refractivity contribution in [3.05, 3.63) is 70.8 Å². The summed E-state index contributed by atoms with van der Waals surface area (Å²) in [7, 11) is 0.